The standard InChI is InChI=1S/C11H14BrNO2S/c1-3-11(15)5-13(6-11)10(14)8-4-7(2)9(12)16-8/h4,15H,3,5-6H2,1-2H3. The Hall–Kier alpha value is -0.390. The van der Waals surface area contributed by atoms with Gasteiger partial charge in [-0.15, -0.1) is 11.3 Å². The summed E-state index contributed by atoms with van der Waals surface area (Å²) in [4.78, 5) is 14.4. The van der Waals surface area contributed by atoms with Crippen molar-refractivity contribution < 1.29 is 9.90 Å². The predicted molar refractivity (Wildman–Crippen MR) is 67.9 cm³/mol. The fourth-order valence-corrected chi connectivity index (χ4v) is 3.26. The van der Waals surface area contributed by atoms with E-state index in [1.807, 2.05) is 19.9 Å². The quantitative estimate of drug-likeness (QED) is 0.911. The molecule has 3 nitrogen and oxygen atoms in total. The second kappa shape index (κ2) is 4.13. The van der Waals surface area contributed by atoms with Gasteiger partial charge >= 0.3 is 0 Å². The molecule has 0 aliphatic carbocycles. The molecule has 88 valence electrons. The minimum atomic E-state index is -0.654. The first-order valence-corrected chi connectivity index (χ1v) is 6.84. The van der Waals surface area contributed by atoms with Crippen molar-refractivity contribution >= 4 is 33.2 Å². The molecule has 1 aliphatic rings. The molecule has 0 bridgehead atoms. The van der Waals surface area contributed by atoms with Gasteiger partial charge in [0.25, 0.3) is 5.91 Å². The van der Waals surface area contributed by atoms with Crippen LogP contribution in [0, 0.1) is 6.92 Å². The normalized spacial score (nSPS) is 18.4. The maximum absolute atomic E-state index is 12.0. The van der Waals surface area contributed by atoms with Crippen molar-refractivity contribution in [1.29, 1.82) is 0 Å². The molecule has 1 fully saturated rings. The van der Waals surface area contributed by atoms with E-state index in [-0.39, 0.29) is 5.91 Å². The molecular weight excluding hydrogens is 290 g/mol. The predicted octanol–water partition coefficient (Wildman–Crippen LogP) is 2.42. The number of amides is 1. The van der Waals surface area contributed by atoms with E-state index in [9.17, 15) is 9.90 Å². The van der Waals surface area contributed by atoms with Gasteiger partial charge in [0.1, 0.15) is 0 Å². The van der Waals surface area contributed by atoms with E-state index >= 15 is 0 Å². The highest BCUT2D eigenvalue weighted by molar-refractivity contribution is 9.11. The summed E-state index contributed by atoms with van der Waals surface area (Å²) in [7, 11) is 0. The number of aliphatic hydroxyl groups is 1. The lowest BCUT2D eigenvalue weighted by Gasteiger charge is -2.45. The fraction of sp³-hybridized carbons (Fsp3) is 0.545. The van der Waals surface area contributed by atoms with Gasteiger partial charge in [-0.1, -0.05) is 6.92 Å². The first-order valence-electron chi connectivity index (χ1n) is 5.23. The van der Waals surface area contributed by atoms with Crippen LogP contribution in [-0.2, 0) is 0 Å². The van der Waals surface area contributed by atoms with Gasteiger partial charge in [0.05, 0.1) is 27.4 Å². The van der Waals surface area contributed by atoms with Crippen LogP contribution in [0.15, 0.2) is 9.85 Å². The third-order valence-corrected chi connectivity index (χ3v) is 5.11. The van der Waals surface area contributed by atoms with Gasteiger partial charge in [-0.05, 0) is 40.9 Å². The SMILES string of the molecule is CCC1(O)CN(C(=O)c2cc(C)c(Br)s2)C1. The van der Waals surface area contributed by atoms with Gasteiger partial charge < -0.3 is 10.0 Å². The summed E-state index contributed by atoms with van der Waals surface area (Å²) < 4.78 is 1.00. The topological polar surface area (TPSA) is 40.5 Å². The van der Waals surface area contributed by atoms with Crippen LogP contribution < -0.4 is 0 Å². The van der Waals surface area contributed by atoms with Crippen molar-refractivity contribution in [2.75, 3.05) is 13.1 Å². The zero-order valence-corrected chi connectivity index (χ0v) is 11.7. The van der Waals surface area contributed by atoms with Crippen molar-refractivity contribution in [3.8, 4) is 0 Å². The highest BCUT2D eigenvalue weighted by Crippen LogP contribution is 2.31. The number of thiophene rings is 1. The molecule has 1 N–H and O–H groups in total. The van der Waals surface area contributed by atoms with Crippen molar-refractivity contribution in [2.45, 2.75) is 25.9 Å². The Labute approximate surface area is 107 Å². The summed E-state index contributed by atoms with van der Waals surface area (Å²) in [5.74, 6) is 0.0249. The van der Waals surface area contributed by atoms with Crippen LogP contribution in [0.3, 0.4) is 0 Å². The molecule has 0 saturated carbocycles. The van der Waals surface area contributed by atoms with E-state index in [0.29, 0.717) is 19.5 Å². The van der Waals surface area contributed by atoms with Gasteiger partial charge in [-0.2, -0.15) is 0 Å². The summed E-state index contributed by atoms with van der Waals surface area (Å²) in [5, 5.41) is 9.85. The zero-order valence-electron chi connectivity index (χ0n) is 9.29. The van der Waals surface area contributed by atoms with Crippen molar-refractivity contribution in [3.63, 3.8) is 0 Å². The minimum absolute atomic E-state index is 0.0249. The van der Waals surface area contributed by atoms with Gasteiger partial charge in [0.15, 0.2) is 0 Å². The zero-order chi connectivity index (χ0) is 11.9. The van der Waals surface area contributed by atoms with Crippen LogP contribution in [0.5, 0.6) is 0 Å². The Morgan fingerprint density at radius 3 is 2.75 bits per heavy atom. The van der Waals surface area contributed by atoms with Crippen LogP contribution in [0.2, 0.25) is 0 Å². The second-order valence-electron chi connectivity index (χ2n) is 4.31. The van der Waals surface area contributed by atoms with Crippen molar-refractivity contribution in [1.82, 2.24) is 4.90 Å². The molecule has 0 aromatic carbocycles. The molecule has 0 atom stereocenters. The third kappa shape index (κ3) is 2.04. The number of nitrogens with zero attached hydrogens (tertiary/aromatic N) is 1. The minimum Gasteiger partial charge on any atom is -0.386 e. The third-order valence-electron chi connectivity index (χ3n) is 2.98. The lowest BCUT2D eigenvalue weighted by Crippen LogP contribution is -2.63. The maximum atomic E-state index is 12.0. The first kappa shape index (κ1) is 12.1. The number of hydrogen-bond donors (Lipinski definition) is 1. The van der Waals surface area contributed by atoms with E-state index in [0.717, 1.165) is 14.2 Å². The molecule has 1 aliphatic heterocycles. The molecule has 1 aromatic rings. The Kier molecular flexibility index (Phi) is 3.11. The highest BCUT2D eigenvalue weighted by Gasteiger charge is 2.42. The Balaban J connectivity index is 2.05. The number of carbonyl (C=O) groups is 1. The molecule has 16 heavy (non-hydrogen) atoms. The molecule has 5 heteroatoms. The van der Waals surface area contributed by atoms with Crippen molar-refractivity contribution in [2.24, 2.45) is 0 Å². The molecule has 1 amide bonds. The average molecular weight is 304 g/mol. The van der Waals surface area contributed by atoms with Gasteiger partial charge in [0.2, 0.25) is 0 Å². The van der Waals surface area contributed by atoms with Crippen LogP contribution in [-0.4, -0.2) is 34.6 Å². The summed E-state index contributed by atoms with van der Waals surface area (Å²) >= 11 is 4.86. The summed E-state index contributed by atoms with van der Waals surface area (Å²) in [6, 6.07) is 1.89. The summed E-state index contributed by atoms with van der Waals surface area (Å²) in [5.41, 5.74) is 0.429. The Morgan fingerprint density at radius 2 is 2.31 bits per heavy atom. The average Bonchev–Trinajstić information content (AvgIpc) is 2.53. The van der Waals surface area contributed by atoms with E-state index in [4.69, 9.17) is 0 Å². The molecule has 0 unspecified atom stereocenters. The lowest BCUT2D eigenvalue weighted by molar-refractivity contribution is -0.0824. The Morgan fingerprint density at radius 1 is 1.69 bits per heavy atom. The van der Waals surface area contributed by atoms with Gasteiger partial charge in [0, 0.05) is 0 Å². The van der Waals surface area contributed by atoms with Gasteiger partial charge in [-0.25, -0.2) is 0 Å². The molecule has 1 saturated heterocycles. The molecule has 2 rings (SSSR count). The largest absolute Gasteiger partial charge is 0.386 e. The molecule has 0 radical (unpaired) electrons. The van der Waals surface area contributed by atoms with Crippen LogP contribution in [0.1, 0.15) is 28.6 Å². The van der Waals surface area contributed by atoms with Gasteiger partial charge in [-0.3, -0.25) is 4.79 Å². The number of rotatable bonds is 2. The summed E-state index contributed by atoms with van der Waals surface area (Å²) in [6.45, 7) is 4.82. The molecular formula is C11H14BrNO2S. The number of aryl methyl sites for hydroxylation is 1. The monoisotopic (exact) mass is 303 g/mol. The fourth-order valence-electron chi connectivity index (χ4n) is 1.75. The van der Waals surface area contributed by atoms with Crippen LogP contribution >= 0.6 is 27.3 Å². The number of hydrogen-bond acceptors (Lipinski definition) is 3. The first-order chi connectivity index (χ1) is 7.45. The number of halogens is 1. The second-order valence-corrected chi connectivity index (χ2v) is 6.68. The van der Waals surface area contributed by atoms with E-state index in [2.05, 4.69) is 15.9 Å². The number of carbonyl (C=O) groups excluding carboxylic acids is 1. The number of β-amino-alcohol motifs (C(OH)–C–C–N with tert-alkyl or cyclic N) is 1. The summed E-state index contributed by atoms with van der Waals surface area (Å²) in [6.07, 6.45) is 0.698. The highest BCUT2D eigenvalue weighted by atomic mass is 79.9. The van der Waals surface area contributed by atoms with E-state index in [1.54, 1.807) is 4.90 Å². The van der Waals surface area contributed by atoms with Crippen LogP contribution in [0.4, 0.5) is 0 Å². The molecule has 0 spiro atoms. The number of likely N-dealkylation sites (tertiary alicyclic amines) is 1. The van der Waals surface area contributed by atoms with E-state index in [1.165, 1.54) is 11.3 Å². The Bertz CT molecular complexity index is 404. The molecule has 1 aromatic heterocycles. The maximum Gasteiger partial charge on any atom is 0.264 e. The van der Waals surface area contributed by atoms with E-state index < -0.39 is 5.60 Å². The molecule has 2 heterocycles. The van der Waals surface area contributed by atoms with Crippen molar-refractivity contribution in [3.05, 3.63) is 20.3 Å². The van der Waals surface area contributed by atoms with Crippen LogP contribution in [0.25, 0.3) is 0 Å². The smallest absolute Gasteiger partial charge is 0.264 e. The lowest BCUT2D eigenvalue weighted by atomic mass is 9.91.